The molecule has 2 rings (SSSR count). The summed E-state index contributed by atoms with van der Waals surface area (Å²) in [7, 11) is 0. The lowest BCUT2D eigenvalue weighted by Gasteiger charge is -2.37. The summed E-state index contributed by atoms with van der Waals surface area (Å²) < 4.78 is 0. The molecule has 0 aliphatic carbocycles. The molecule has 2 amide bonds. The van der Waals surface area contributed by atoms with Crippen LogP contribution >= 0.6 is 0 Å². The first-order valence-electron chi connectivity index (χ1n) is 8.48. The highest BCUT2D eigenvalue weighted by molar-refractivity contribution is 5.84. The molecule has 0 saturated carbocycles. The van der Waals surface area contributed by atoms with Crippen molar-refractivity contribution in [3.05, 3.63) is 0 Å². The molecule has 0 bridgehead atoms. The average molecular weight is 294 g/mol. The Morgan fingerprint density at radius 2 is 1.43 bits per heavy atom. The third-order valence-corrected chi connectivity index (χ3v) is 4.62. The van der Waals surface area contributed by atoms with E-state index in [0.29, 0.717) is 6.54 Å². The van der Waals surface area contributed by atoms with Gasteiger partial charge < -0.3 is 9.80 Å². The summed E-state index contributed by atoms with van der Waals surface area (Å²) in [5.74, 6) is 0.474. The lowest BCUT2D eigenvalue weighted by atomic mass is 9.90. The minimum absolute atomic E-state index is 0.0168. The van der Waals surface area contributed by atoms with Crippen LogP contribution in [0.4, 0.5) is 0 Å². The maximum absolute atomic E-state index is 12.7. The molecule has 0 aromatic rings. The second kappa shape index (κ2) is 6.80. The number of hydrogen-bond donors (Lipinski definition) is 0. The van der Waals surface area contributed by atoms with Gasteiger partial charge in [-0.1, -0.05) is 33.6 Å². The van der Waals surface area contributed by atoms with Crippen LogP contribution in [0.3, 0.4) is 0 Å². The van der Waals surface area contributed by atoms with Crippen LogP contribution in [0.15, 0.2) is 0 Å². The van der Waals surface area contributed by atoms with E-state index in [4.69, 9.17) is 0 Å². The largest absolute Gasteiger partial charge is 0.342 e. The summed E-state index contributed by atoms with van der Waals surface area (Å²) in [5, 5.41) is 0. The zero-order valence-corrected chi connectivity index (χ0v) is 13.9. The molecule has 4 nitrogen and oxygen atoms in total. The molecular formula is C17H30N2O2. The fourth-order valence-corrected chi connectivity index (χ4v) is 3.39. The first-order chi connectivity index (χ1) is 9.89. The predicted molar refractivity (Wildman–Crippen MR) is 83.8 cm³/mol. The van der Waals surface area contributed by atoms with Crippen LogP contribution in [0.25, 0.3) is 0 Å². The predicted octanol–water partition coefficient (Wildman–Crippen LogP) is 2.67. The van der Waals surface area contributed by atoms with Gasteiger partial charge in [-0.05, 0) is 25.7 Å². The van der Waals surface area contributed by atoms with Crippen LogP contribution in [0.2, 0.25) is 0 Å². The summed E-state index contributed by atoms with van der Waals surface area (Å²) >= 11 is 0. The van der Waals surface area contributed by atoms with Gasteiger partial charge in [0.15, 0.2) is 0 Å². The van der Waals surface area contributed by atoms with Crippen molar-refractivity contribution in [2.45, 2.75) is 59.3 Å². The zero-order chi connectivity index (χ0) is 15.5. The van der Waals surface area contributed by atoms with Crippen LogP contribution in [-0.2, 0) is 9.59 Å². The second-order valence-corrected chi connectivity index (χ2v) is 7.58. The quantitative estimate of drug-likeness (QED) is 0.746. The highest BCUT2D eigenvalue weighted by atomic mass is 16.2. The standard InChI is InChI=1S/C17H30N2O2/c1-17(2,3)16(21)19-12-8-9-14(13-19)15(20)18-10-6-4-5-7-11-18/h14H,4-13H2,1-3H3. The Morgan fingerprint density at radius 1 is 0.857 bits per heavy atom. The number of piperidine rings is 1. The lowest BCUT2D eigenvalue weighted by molar-refractivity contribution is -0.145. The Bertz CT molecular complexity index is 379. The van der Waals surface area contributed by atoms with Crippen molar-refractivity contribution in [3.63, 3.8) is 0 Å². The van der Waals surface area contributed by atoms with Crippen molar-refractivity contribution >= 4 is 11.8 Å². The van der Waals surface area contributed by atoms with Crippen molar-refractivity contribution < 1.29 is 9.59 Å². The summed E-state index contributed by atoms with van der Waals surface area (Å²) in [6.07, 6.45) is 6.62. The Labute approximate surface area is 128 Å². The van der Waals surface area contributed by atoms with Crippen molar-refractivity contribution in [2.24, 2.45) is 11.3 Å². The number of nitrogens with zero attached hydrogens (tertiary/aromatic N) is 2. The van der Waals surface area contributed by atoms with E-state index < -0.39 is 0 Å². The highest BCUT2D eigenvalue weighted by Crippen LogP contribution is 2.25. The van der Waals surface area contributed by atoms with Gasteiger partial charge in [0, 0.05) is 31.6 Å². The fraction of sp³-hybridized carbons (Fsp3) is 0.882. The summed E-state index contributed by atoms with van der Waals surface area (Å²) in [5.41, 5.74) is -0.354. The number of amides is 2. The number of likely N-dealkylation sites (tertiary alicyclic amines) is 2. The number of hydrogen-bond acceptors (Lipinski definition) is 2. The molecule has 2 aliphatic rings. The molecule has 2 saturated heterocycles. The van der Waals surface area contributed by atoms with E-state index in [1.807, 2.05) is 30.6 Å². The van der Waals surface area contributed by atoms with Gasteiger partial charge in [0.1, 0.15) is 0 Å². The smallest absolute Gasteiger partial charge is 0.227 e. The van der Waals surface area contributed by atoms with E-state index in [2.05, 4.69) is 0 Å². The van der Waals surface area contributed by atoms with E-state index in [1.54, 1.807) is 0 Å². The van der Waals surface area contributed by atoms with Crippen molar-refractivity contribution in [2.75, 3.05) is 26.2 Å². The van der Waals surface area contributed by atoms with Gasteiger partial charge in [0.2, 0.25) is 11.8 Å². The van der Waals surface area contributed by atoms with Gasteiger partial charge in [-0.2, -0.15) is 0 Å². The molecule has 0 spiro atoms. The lowest BCUT2D eigenvalue weighted by Crippen LogP contribution is -2.49. The molecule has 0 N–H and O–H groups in total. The molecule has 2 aliphatic heterocycles. The molecule has 0 aromatic heterocycles. The minimum Gasteiger partial charge on any atom is -0.342 e. The van der Waals surface area contributed by atoms with E-state index in [9.17, 15) is 9.59 Å². The van der Waals surface area contributed by atoms with Crippen LogP contribution in [0.5, 0.6) is 0 Å². The van der Waals surface area contributed by atoms with Gasteiger partial charge in [0.05, 0.1) is 5.92 Å². The molecule has 2 heterocycles. The van der Waals surface area contributed by atoms with Crippen LogP contribution in [0.1, 0.15) is 59.3 Å². The molecule has 4 heteroatoms. The maximum atomic E-state index is 12.7. The number of rotatable bonds is 1. The second-order valence-electron chi connectivity index (χ2n) is 7.58. The summed E-state index contributed by atoms with van der Waals surface area (Å²) in [6, 6.07) is 0. The third kappa shape index (κ3) is 4.21. The number of carbonyl (C=O) groups excluding carboxylic acids is 2. The Morgan fingerprint density at radius 3 is 2.00 bits per heavy atom. The normalized spacial score (nSPS) is 24.6. The summed E-state index contributed by atoms with van der Waals surface area (Å²) in [6.45, 7) is 9.09. The molecular weight excluding hydrogens is 264 g/mol. The van der Waals surface area contributed by atoms with Crippen LogP contribution < -0.4 is 0 Å². The van der Waals surface area contributed by atoms with E-state index >= 15 is 0 Å². The zero-order valence-electron chi connectivity index (χ0n) is 13.9. The van der Waals surface area contributed by atoms with Crippen LogP contribution in [0, 0.1) is 11.3 Å². The highest BCUT2D eigenvalue weighted by Gasteiger charge is 2.34. The Hall–Kier alpha value is -1.06. The van der Waals surface area contributed by atoms with E-state index in [0.717, 1.165) is 45.3 Å². The minimum atomic E-state index is -0.354. The SMILES string of the molecule is CC(C)(C)C(=O)N1CCCC(C(=O)N2CCCCCC2)C1. The Balaban J connectivity index is 1.96. The topological polar surface area (TPSA) is 40.6 Å². The molecule has 21 heavy (non-hydrogen) atoms. The average Bonchev–Trinajstić information content (AvgIpc) is 2.74. The molecule has 120 valence electrons. The Kier molecular flexibility index (Phi) is 5.28. The van der Waals surface area contributed by atoms with Crippen molar-refractivity contribution in [3.8, 4) is 0 Å². The molecule has 1 atom stereocenters. The molecule has 1 unspecified atom stereocenters. The van der Waals surface area contributed by atoms with Crippen LogP contribution in [-0.4, -0.2) is 47.8 Å². The first kappa shape index (κ1) is 16.3. The van der Waals surface area contributed by atoms with Gasteiger partial charge in [-0.25, -0.2) is 0 Å². The van der Waals surface area contributed by atoms with Crippen molar-refractivity contribution in [1.29, 1.82) is 0 Å². The maximum Gasteiger partial charge on any atom is 0.227 e. The summed E-state index contributed by atoms with van der Waals surface area (Å²) in [4.78, 5) is 29.1. The third-order valence-electron chi connectivity index (χ3n) is 4.62. The van der Waals surface area contributed by atoms with E-state index in [1.165, 1.54) is 12.8 Å². The monoisotopic (exact) mass is 294 g/mol. The van der Waals surface area contributed by atoms with Gasteiger partial charge in [0.25, 0.3) is 0 Å². The fourth-order valence-electron chi connectivity index (χ4n) is 3.39. The molecule has 0 radical (unpaired) electrons. The number of carbonyl (C=O) groups is 2. The molecule has 0 aromatic carbocycles. The first-order valence-corrected chi connectivity index (χ1v) is 8.48. The van der Waals surface area contributed by atoms with Gasteiger partial charge in [-0.3, -0.25) is 9.59 Å². The van der Waals surface area contributed by atoms with E-state index in [-0.39, 0.29) is 23.1 Å². The molecule has 2 fully saturated rings. The van der Waals surface area contributed by atoms with Gasteiger partial charge in [-0.15, -0.1) is 0 Å². The van der Waals surface area contributed by atoms with Crippen molar-refractivity contribution in [1.82, 2.24) is 9.80 Å². The van der Waals surface area contributed by atoms with Gasteiger partial charge >= 0.3 is 0 Å².